The summed E-state index contributed by atoms with van der Waals surface area (Å²) < 4.78 is 0. The smallest absolute Gasteiger partial charge is 0.0580 e. The van der Waals surface area contributed by atoms with Crippen molar-refractivity contribution in [3.8, 4) is 0 Å². The minimum atomic E-state index is -0.0753. The molecule has 1 fully saturated rings. The summed E-state index contributed by atoms with van der Waals surface area (Å²) in [5.41, 5.74) is 1.28. The molecule has 1 aliphatic rings. The van der Waals surface area contributed by atoms with E-state index in [1.54, 1.807) is 0 Å². The van der Waals surface area contributed by atoms with Crippen LogP contribution in [0.2, 0.25) is 0 Å². The van der Waals surface area contributed by atoms with Gasteiger partial charge in [-0.2, -0.15) is 0 Å². The first kappa shape index (κ1) is 9.74. The molecule has 3 N–H and O–H groups in total. The summed E-state index contributed by atoms with van der Waals surface area (Å²) >= 11 is 0. The standard InChI is InChI=1S/C11H18N2O/c14-11-3-1-2-10(11)8-13-7-9-4-5-12-6-9/h4-6,10-14H,1-3,7-8H2. The first-order chi connectivity index (χ1) is 6.86. The second-order valence-corrected chi connectivity index (χ2v) is 4.11. The fourth-order valence-electron chi connectivity index (χ4n) is 2.13. The van der Waals surface area contributed by atoms with Crippen molar-refractivity contribution >= 4 is 0 Å². The Morgan fingerprint density at radius 3 is 3.07 bits per heavy atom. The van der Waals surface area contributed by atoms with Gasteiger partial charge in [-0.05, 0) is 30.4 Å². The Bertz CT molecular complexity index is 258. The highest BCUT2D eigenvalue weighted by molar-refractivity contribution is 5.07. The van der Waals surface area contributed by atoms with Gasteiger partial charge in [0.1, 0.15) is 0 Å². The van der Waals surface area contributed by atoms with E-state index in [-0.39, 0.29) is 6.10 Å². The molecule has 0 amide bonds. The van der Waals surface area contributed by atoms with Crippen LogP contribution >= 0.6 is 0 Å². The number of aliphatic hydroxyl groups is 1. The number of hydrogen-bond donors (Lipinski definition) is 3. The minimum absolute atomic E-state index is 0.0753. The number of aromatic nitrogens is 1. The summed E-state index contributed by atoms with van der Waals surface area (Å²) in [6.07, 6.45) is 7.18. The maximum atomic E-state index is 9.60. The maximum Gasteiger partial charge on any atom is 0.0580 e. The molecule has 0 saturated heterocycles. The monoisotopic (exact) mass is 194 g/mol. The second-order valence-electron chi connectivity index (χ2n) is 4.11. The van der Waals surface area contributed by atoms with Crippen LogP contribution in [0.3, 0.4) is 0 Å². The molecule has 2 rings (SSSR count). The van der Waals surface area contributed by atoms with Crippen molar-refractivity contribution in [1.29, 1.82) is 0 Å². The highest BCUT2D eigenvalue weighted by Crippen LogP contribution is 2.24. The molecular weight excluding hydrogens is 176 g/mol. The number of aromatic amines is 1. The Morgan fingerprint density at radius 1 is 1.50 bits per heavy atom. The highest BCUT2D eigenvalue weighted by Gasteiger charge is 2.24. The molecule has 1 aromatic rings. The molecule has 1 aromatic heterocycles. The molecule has 0 bridgehead atoms. The lowest BCUT2D eigenvalue weighted by molar-refractivity contribution is 0.131. The molecule has 1 heterocycles. The van der Waals surface area contributed by atoms with E-state index in [0.717, 1.165) is 19.5 Å². The van der Waals surface area contributed by atoms with Gasteiger partial charge in [-0.25, -0.2) is 0 Å². The lowest BCUT2D eigenvalue weighted by atomic mass is 10.1. The normalized spacial score (nSPS) is 26.9. The second kappa shape index (κ2) is 4.62. The number of nitrogens with one attached hydrogen (secondary N) is 2. The molecule has 2 unspecified atom stereocenters. The molecule has 1 saturated carbocycles. The van der Waals surface area contributed by atoms with Crippen molar-refractivity contribution < 1.29 is 5.11 Å². The van der Waals surface area contributed by atoms with Gasteiger partial charge in [0.05, 0.1) is 6.10 Å². The summed E-state index contributed by atoms with van der Waals surface area (Å²) in [7, 11) is 0. The number of hydrogen-bond acceptors (Lipinski definition) is 2. The molecule has 2 atom stereocenters. The van der Waals surface area contributed by atoms with Crippen molar-refractivity contribution in [2.45, 2.75) is 31.9 Å². The predicted octanol–water partition coefficient (Wildman–Crippen LogP) is 1.27. The van der Waals surface area contributed by atoms with Crippen molar-refractivity contribution in [2.24, 2.45) is 5.92 Å². The number of aliphatic hydroxyl groups excluding tert-OH is 1. The third-order valence-corrected chi connectivity index (χ3v) is 3.02. The molecule has 0 radical (unpaired) electrons. The van der Waals surface area contributed by atoms with Crippen LogP contribution < -0.4 is 5.32 Å². The third-order valence-electron chi connectivity index (χ3n) is 3.02. The molecule has 14 heavy (non-hydrogen) atoms. The van der Waals surface area contributed by atoms with E-state index in [1.165, 1.54) is 18.4 Å². The van der Waals surface area contributed by atoms with Gasteiger partial charge in [-0.15, -0.1) is 0 Å². The first-order valence-corrected chi connectivity index (χ1v) is 5.36. The summed E-state index contributed by atoms with van der Waals surface area (Å²) in [4.78, 5) is 3.03. The zero-order valence-corrected chi connectivity index (χ0v) is 8.37. The predicted molar refractivity (Wildman–Crippen MR) is 55.8 cm³/mol. The van der Waals surface area contributed by atoms with Gasteiger partial charge in [0, 0.05) is 25.5 Å². The molecule has 0 aromatic carbocycles. The quantitative estimate of drug-likeness (QED) is 0.676. The van der Waals surface area contributed by atoms with Crippen molar-refractivity contribution in [2.75, 3.05) is 6.54 Å². The molecule has 3 heteroatoms. The van der Waals surface area contributed by atoms with Gasteiger partial charge < -0.3 is 15.4 Å². The van der Waals surface area contributed by atoms with Crippen LogP contribution in [0.25, 0.3) is 0 Å². The SMILES string of the molecule is OC1CCCC1CNCc1cc[nH]c1. The minimum Gasteiger partial charge on any atom is -0.393 e. The van der Waals surface area contributed by atoms with Crippen molar-refractivity contribution in [3.63, 3.8) is 0 Å². The summed E-state index contributed by atoms with van der Waals surface area (Å²) in [5, 5.41) is 13.0. The van der Waals surface area contributed by atoms with Gasteiger partial charge in [0.15, 0.2) is 0 Å². The lowest BCUT2D eigenvalue weighted by Gasteiger charge is -2.14. The van der Waals surface area contributed by atoms with Crippen molar-refractivity contribution in [3.05, 3.63) is 24.0 Å². The van der Waals surface area contributed by atoms with Crippen LogP contribution in [-0.2, 0) is 6.54 Å². The maximum absolute atomic E-state index is 9.60. The Morgan fingerprint density at radius 2 is 2.43 bits per heavy atom. The molecule has 0 spiro atoms. The van der Waals surface area contributed by atoms with Gasteiger partial charge in [0.2, 0.25) is 0 Å². The van der Waals surface area contributed by atoms with Crippen LogP contribution in [0.1, 0.15) is 24.8 Å². The topological polar surface area (TPSA) is 48.0 Å². The third kappa shape index (κ3) is 2.36. The van der Waals surface area contributed by atoms with Crippen LogP contribution in [-0.4, -0.2) is 22.7 Å². The molecule has 0 aliphatic heterocycles. The van der Waals surface area contributed by atoms with Gasteiger partial charge in [-0.1, -0.05) is 6.42 Å². The first-order valence-electron chi connectivity index (χ1n) is 5.36. The Hall–Kier alpha value is -0.800. The van der Waals surface area contributed by atoms with E-state index in [1.807, 2.05) is 12.4 Å². The highest BCUT2D eigenvalue weighted by atomic mass is 16.3. The Kier molecular flexibility index (Phi) is 3.22. The van der Waals surface area contributed by atoms with Crippen LogP contribution in [0.5, 0.6) is 0 Å². The lowest BCUT2D eigenvalue weighted by Crippen LogP contribution is -2.27. The zero-order chi connectivity index (χ0) is 9.80. The van der Waals surface area contributed by atoms with E-state index in [4.69, 9.17) is 0 Å². The van der Waals surface area contributed by atoms with E-state index in [2.05, 4.69) is 16.4 Å². The average Bonchev–Trinajstić information content (AvgIpc) is 2.78. The Labute approximate surface area is 84.5 Å². The van der Waals surface area contributed by atoms with E-state index >= 15 is 0 Å². The van der Waals surface area contributed by atoms with E-state index < -0.39 is 0 Å². The summed E-state index contributed by atoms with van der Waals surface area (Å²) in [6, 6.07) is 2.07. The van der Waals surface area contributed by atoms with Gasteiger partial charge >= 0.3 is 0 Å². The largest absolute Gasteiger partial charge is 0.393 e. The fraction of sp³-hybridized carbons (Fsp3) is 0.636. The van der Waals surface area contributed by atoms with E-state index in [9.17, 15) is 5.11 Å². The van der Waals surface area contributed by atoms with Crippen LogP contribution in [0.4, 0.5) is 0 Å². The number of H-pyrrole nitrogens is 1. The molecule has 1 aliphatic carbocycles. The van der Waals surface area contributed by atoms with Gasteiger partial charge in [0.25, 0.3) is 0 Å². The number of rotatable bonds is 4. The Balaban J connectivity index is 1.68. The van der Waals surface area contributed by atoms with E-state index in [0.29, 0.717) is 5.92 Å². The van der Waals surface area contributed by atoms with Crippen LogP contribution in [0, 0.1) is 5.92 Å². The molecular formula is C11H18N2O. The molecule has 78 valence electrons. The molecule has 3 nitrogen and oxygen atoms in total. The van der Waals surface area contributed by atoms with Crippen LogP contribution in [0.15, 0.2) is 18.5 Å². The average molecular weight is 194 g/mol. The fourth-order valence-corrected chi connectivity index (χ4v) is 2.13. The van der Waals surface area contributed by atoms with Gasteiger partial charge in [-0.3, -0.25) is 0 Å². The summed E-state index contributed by atoms with van der Waals surface area (Å²) in [6.45, 7) is 1.83. The van der Waals surface area contributed by atoms with Crippen molar-refractivity contribution in [1.82, 2.24) is 10.3 Å². The zero-order valence-electron chi connectivity index (χ0n) is 8.37. The summed E-state index contributed by atoms with van der Waals surface area (Å²) in [5.74, 6) is 0.467.